The van der Waals surface area contributed by atoms with E-state index in [4.69, 9.17) is 4.74 Å². The Morgan fingerprint density at radius 3 is 2.29 bits per heavy atom. The van der Waals surface area contributed by atoms with Crippen molar-refractivity contribution in [3.05, 3.63) is 66.7 Å². The Morgan fingerprint density at radius 2 is 1.71 bits per heavy atom. The zero-order valence-electron chi connectivity index (χ0n) is 18.2. The minimum absolute atomic E-state index is 0.00167. The van der Waals surface area contributed by atoms with Crippen molar-refractivity contribution in [1.82, 2.24) is 0 Å². The summed E-state index contributed by atoms with van der Waals surface area (Å²) in [5.74, 6) is 0.490. The van der Waals surface area contributed by atoms with E-state index < -0.39 is 16.6 Å². The lowest BCUT2D eigenvalue weighted by Gasteiger charge is -2.17. The van der Waals surface area contributed by atoms with Crippen LogP contribution in [-0.2, 0) is 14.8 Å². The molecule has 1 aliphatic heterocycles. The molecule has 0 spiro atoms. The van der Waals surface area contributed by atoms with Crippen molar-refractivity contribution in [3.63, 3.8) is 0 Å². The first-order chi connectivity index (χ1) is 16.3. The highest BCUT2D eigenvalue weighted by Gasteiger charge is 2.23. The minimum atomic E-state index is -3.98. The predicted molar refractivity (Wildman–Crippen MR) is 124 cm³/mol. The number of anilines is 2. The van der Waals surface area contributed by atoms with Crippen LogP contribution in [0.3, 0.4) is 0 Å². The van der Waals surface area contributed by atoms with Gasteiger partial charge in [-0.2, -0.15) is 8.78 Å². The van der Waals surface area contributed by atoms with Crippen LogP contribution < -0.4 is 19.1 Å². The standard InChI is InChI=1S/C24H22F2N2O5S/c1-32-19-9-4-16(5-10-19)21-15-17(6-13-22(21)33-24(25)26)27-34(30,31)20-11-7-18(8-12-20)28-14-2-3-23(28)29/h4-13,15,24,27H,2-3,14H2,1H3. The molecule has 1 aliphatic rings. The lowest BCUT2D eigenvalue weighted by molar-refractivity contribution is -0.117. The number of hydrogen-bond acceptors (Lipinski definition) is 5. The van der Waals surface area contributed by atoms with Gasteiger partial charge < -0.3 is 14.4 Å². The van der Waals surface area contributed by atoms with Crippen molar-refractivity contribution in [2.45, 2.75) is 24.3 Å². The molecule has 1 amide bonds. The van der Waals surface area contributed by atoms with Gasteiger partial charge in [0.1, 0.15) is 11.5 Å². The number of alkyl halides is 2. The Morgan fingerprint density at radius 1 is 1.00 bits per heavy atom. The number of benzene rings is 3. The highest BCUT2D eigenvalue weighted by atomic mass is 32.2. The lowest BCUT2D eigenvalue weighted by atomic mass is 10.0. The molecule has 3 aromatic rings. The van der Waals surface area contributed by atoms with E-state index in [1.54, 1.807) is 41.3 Å². The molecule has 0 atom stereocenters. The summed E-state index contributed by atoms with van der Waals surface area (Å²) in [6, 6.07) is 16.7. The fourth-order valence-electron chi connectivity index (χ4n) is 3.73. The Bertz CT molecular complexity index is 1280. The smallest absolute Gasteiger partial charge is 0.387 e. The highest BCUT2D eigenvalue weighted by Crippen LogP contribution is 2.35. The van der Waals surface area contributed by atoms with E-state index in [0.29, 0.717) is 30.0 Å². The van der Waals surface area contributed by atoms with E-state index in [9.17, 15) is 22.0 Å². The number of nitrogens with zero attached hydrogens (tertiary/aromatic N) is 1. The maximum Gasteiger partial charge on any atom is 0.387 e. The summed E-state index contributed by atoms with van der Waals surface area (Å²) >= 11 is 0. The molecule has 3 aromatic carbocycles. The second-order valence-corrected chi connectivity index (χ2v) is 9.25. The average Bonchev–Trinajstić information content (AvgIpc) is 3.25. The van der Waals surface area contributed by atoms with E-state index >= 15 is 0 Å². The van der Waals surface area contributed by atoms with Crippen LogP contribution in [0.1, 0.15) is 12.8 Å². The third-order valence-corrected chi connectivity index (χ3v) is 6.78. The minimum Gasteiger partial charge on any atom is -0.497 e. The van der Waals surface area contributed by atoms with Crippen molar-refractivity contribution in [3.8, 4) is 22.6 Å². The zero-order chi connectivity index (χ0) is 24.3. The summed E-state index contributed by atoms with van der Waals surface area (Å²) < 4.78 is 63.9. The maximum atomic E-state index is 12.9. The first-order valence-corrected chi connectivity index (χ1v) is 11.9. The van der Waals surface area contributed by atoms with Crippen LogP contribution in [0.2, 0.25) is 0 Å². The van der Waals surface area contributed by atoms with Crippen molar-refractivity contribution >= 4 is 27.3 Å². The summed E-state index contributed by atoms with van der Waals surface area (Å²) in [7, 11) is -2.47. The van der Waals surface area contributed by atoms with E-state index in [0.717, 1.165) is 6.42 Å². The fourth-order valence-corrected chi connectivity index (χ4v) is 4.78. The second kappa shape index (κ2) is 9.68. The fraction of sp³-hybridized carbons (Fsp3) is 0.208. The molecule has 0 radical (unpaired) electrons. The molecule has 0 bridgehead atoms. The molecule has 1 heterocycles. The molecule has 1 saturated heterocycles. The van der Waals surface area contributed by atoms with Crippen LogP contribution in [0.5, 0.6) is 11.5 Å². The number of rotatable bonds is 8. The van der Waals surface area contributed by atoms with E-state index in [2.05, 4.69) is 9.46 Å². The monoisotopic (exact) mass is 488 g/mol. The zero-order valence-corrected chi connectivity index (χ0v) is 19.0. The van der Waals surface area contributed by atoms with Gasteiger partial charge in [0.25, 0.3) is 10.0 Å². The van der Waals surface area contributed by atoms with Crippen LogP contribution >= 0.6 is 0 Å². The normalized spacial score (nSPS) is 13.9. The summed E-state index contributed by atoms with van der Waals surface area (Å²) in [4.78, 5) is 13.5. The van der Waals surface area contributed by atoms with Gasteiger partial charge in [0.15, 0.2) is 0 Å². The van der Waals surface area contributed by atoms with Gasteiger partial charge in [0.2, 0.25) is 5.91 Å². The lowest BCUT2D eigenvalue weighted by Crippen LogP contribution is -2.23. The molecule has 4 rings (SSSR count). The topological polar surface area (TPSA) is 84.9 Å². The predicted octanol–water partition coefficient (Wildman–Crippen LogP) is 4.89. The van der Waals surface area contributed by atoms with Crippen LogP contribution in [-0.4, -0.2) is 34.6 Å². The van der Waals surface area contributed by atoms with E-state index in [-0.39, 0.29) is 27.8 Å². The van der Waals surface area contributed by atoms with Gasteiger partial charge in [-0.1, -0.05) is 12.1 Å². The third-order valence-electron chi connectivity index (χ3n) is 5.38. The third kappa shape index (κ3) is 5.12. The van der Waals surface area contributed by atoms with Crippen molar-refractivity contribution < 1.29 is 31.5 Å². The molecule has 0 aromatic heterocycles. The number of amides is 1. The largest absolute Gasteiger partial charge is 0.497 e. The highest BCUT2D eigenvalue weighted by molar-refractivity contribution is 7.92. The number of carbonyl (C=O) groups is 1. The molecule has 10 heteroatoms. The number of halogens is 2. The molecular formula is C24H22F2N2O5S. The maximum absolute atomic E-state index is 12.9. The van der Waals surface area contributed by atoms with Crippen molar-refractivity contribution in [1.29, 1.82) is 0 Å². The van der Waals surface area contributed by atoms with Gasteiger partial charge in [-0.25, -0.2) is 8.42 Å². The molecule has 0 saturated carbocycles. The van der Waals surface area contributed by atoms with Gasteiger partial charge in [0.05, 0.1) is 12.0 Å². The van der Waals surface area contributed by atoms with Gasteiger partial charge in [0, 0.05) is 29.9 Å². The van der Waals surface area contributed by atoms with Gasteiger partial charge in [-0.15, -0.1) is 0 Å². The average molecular weight is 489 g/mol. The number of hydrogen-bond donors (Lipinski definition) is 1. The Kier molecular flexibility index (Phi) is 6.69. The van der Waals surface area contributed by atoms with Crippen LogP contribution in [0.25, 0.3) is 11.1 Å². The summed E-state index contributed by atoms with van der Waals surface area (Å²) in [6.45, 7) is -2.44. The first kappa shape index (κ1) is 23.5. The first-order valence-electron chi connectivity index (χ1n) is 10.4. The van der Waals surface area contributed by atoms with Gasteiger partial charge in [-0.05, 0) is 66.6 Å². The summed E-state index contributed by atoms with van der Waals surface area (Å²) in [5.41, 5.74) is 1.63. The molecule has 34 heavy (non-hydrogen) atoms. The number of carbonyl (C=O) groups excluding carboxylic acids is 1. The second-order valence-electron chi connectivity index (χ2n) is 7.57. The Labute approximate surface area is 196 Å². The molecular weight excluding hydrogens is 466 g/mol. The van der Waals surface area contributed by atoms with Crippen LogP contribution in [0, 0.1) is 0 Å². The Balaban J connectivity index is 1.61. The van der Waals surface area contributed by atoms with E-state index in [1.807, 2.05) is 0 Å². The molecule has 1 fully saturated rings. The molecule has 178 valence electrons. The Hall–Kier alpha value is -3.66. The number of methoxy groups -OCH3 is 1. The van der Waals surface area contributed by atoms with Gasteiger partial charge >= 0.3 is 6.61 Å². The van der Waals surface area contributed by atoms with Crippen LogP contribution in [0.15, 0.2) is 71.6 Å². The van der Waals surface area contributed by atoms with Crippen LogP contribution in [0.4, 0.5) is 20.2 Å². The summed E-state index contributed by atoms with van der Waals surface area (Å²) in [5, 5.41) is 0. The molecule has 7 nitrogen and oxygen atoms in total. The number of nitrogens with one attached hydrogen (secondary N) is 1. The summed E-state index contributed by atoms with van der Waals surface area (Å²) in [6.07, 6.45) is 1.24. The molecule has 1 N–H and O–H groups in total. The van der Waals surface area contributed by atoms with Gasteiger partial charge in [-0.3, -0.25) is 9.52 Å². The van der Waals surface area contributed by atoms with Crippen molar-refractivity contribution in [2.75, 3.05) is 23.3 Å². The molecule has 0 unspecified atom stereocenters. The number of ether oxygens (including phenoxy) is 2. The van der Waals surface area contributed by atoms with Crippen molar-refractivity contribution in [2.24, 2.45) is 0 Å². The number of sulfonamides is 1. The SMILES string of the molecule is COc1ccc(-c2cc(NS(=O)(=O)c3ccc(N4CCCC4=O)cc3)ccc2OC(F)F)cc1. The quantitative estimate of drug-likeness (QED) is 0.488. The molecule has 0 aliphatic carbocycles. The van der Waals surface area contributed by atoms with E-state index in [1.165, 1.54) is 37.4 Å².